The van der Waals surface area contributed by atoms with Crippen LogP contribution in [0.5, 0.6) is 11.5 Å². The van der Waals surface area contributed by atoms with Crippen molar-refractivity contribution in [2.24, 2.45) is 0 Å². The summed E-state index contributed by atoms with van der Waals surface area (Å²) >= 11 is 18.0. The number of alkyl halides is 6. The molecule has 0 atom stereocenters. The van der Waals surface area contributed by atoms with Crippen molar-refractivity contribution in [3.63, 3.8) is 0 Å². The van der Waals surface area contributed by atoms with Crippen LogP contribution >= 0.6 is 34.8 Å². The van der Waals surface area contributed by atoms with Crippen LogP contribution in [-0.2, 0) is 12.4 Å². The summed E-state index contributed by atoms with van der Waals surface area (Å²) in [5, 5.41) is 35.1. The second-order valence-corrected chi connectivity index (χ2v) is 11.6. The van der Waals surface area contributed by atoms with Gasteiger partial charge in [0.1, 0.15) is 18.1 Å². The Labute approximate surface area is 319 Å². The lowest BCUT2D eigenvalue weighted by molar-refractivity contribution is -0.137. The van der Waals surface area contributed by atoms with Crippen LogP contribution in [-0.4, -0.2) is 53.1 Å². The van der Waals surface area contributed by atoms with E-state index in [-0.39, 0.29) is 23.6 Å². The number of aliphatic hydroxyl groups is 1. The van der Waals surface area contributed by atoms with Gasteiger partial charge in [-0.2, -0.15) is 31.6 Å². The summed E-state index contributed by atoms with van der Waals surface area (Å²) in [6.07, 6.45) is -9.03. The van der Waals surface area contributed by atoms with Crippen LogP contribution in [0.2, 0.25) is 15.2 Å². The largest absolute Gasteiger partial charge is 0.494 e. The number of nitrogens with zero attached hydrogens (tertiary/aromatic N) is 3. The molecule has 2 heterocycles. The SMILES string of the molecule is COc1cc2c(Cl)cccc2nc1-c1ccccc1C(F)(F)F.COc1cc2c(Cl)cccc2nc1Cl.N#CCO.OB(O)c1ccccc1C(F)(F)F. The highest BCUT2D eigenvalue weighted by Gasteiger charge is 2.36. The van der Waals surface area contributed by atoms with E-state index in [1.54, 1.807) is 43.5 Å². The highest BCUT2D eigenvalue weighted by atomic mass is 35.5. The summed E-state index contributed by atoms with van der Waals surface area (Å²) in [5.41, 5.74) is -0.935. The minimum Gasteiger partial charge on any atom is -0.494 e. The van der Waals surface area contributed by atoms with Crippen LogP contribution in [0.4, 0.5) is 26.3 Å². The predicted octanol–water partition coefficient (Wildman–Crippen LogP) is 9.02. The first kappa shape index (κ1) is 43.6. The fraction of sp³-hybridized carbons (Fsp3) is 0.139. The fourth-order valence-corrected chi connectivity index (χ4v) is 5.34. The Balaban J connectivity index is 0.000000218. The molecule has 54 heavy (non-hydrogen) atoms. The maximum Gasteiger partial charge on any atom is 0.489 e. The van der Waals surface area contributed by atoms with Crippen molar-refractivity contribution >= 4 is 69.2 Å². The van der Waals surface area contributed by atoms with E-state index in [1.807, 2.05) is 12.1 Å². The Morgan fingerprint density at radius 1 is 0.685 bits per heavy atom. The summed E-state index contributed by atoms with van der Waals surface area (Å²) in [7, 11) is 0.836. The van der Waals surface area contributed by atoms with Gasteiger partial charge < -0.3 is 24.6 Å². The van der Waals surface area contributed by atoms with Crippen LogP contribution in [0, 0.1) is 11.3 Å². The number of methoxy groups -OCH3 is 2. The van der Waals surface area contributed by atoms with Gasteiger partial charge >= 0.3 is 19.5 Å². The fourth-order valence-electron chi connectivity index (χ4n) is 4.67. The van der Waals surface area contributed by atoms with Gasteiger partial charge in [0.25, 0.3) is 0 Å². The molecule has 6 aromatic rings. The van der Waals surface area contributed by atoms with Gasteiger partial charge in [-0.15, -0.1) is 0 Å². The highest BCUT2D eigenvalue weighted by molar-refractivity contribution is 6.59. The van der Waals surface area contributed by atoms with Gasteiger partial charge in [0.05, 0.1) is 52.5 Å². The van der Waals surface area contributed by atoms with Crippen molar-refractivity contribution in [1.29, 1.82) is 5.26 Å². The molecular formula is C36H27BCl3F6N3O5. The zero-order valence-corrected chi connectivity index (χ0v) is 30.2. The third kappa shape index (κ3) is 11.3. The standard InChI is InChI=1S/C17H11ClF3NO.C10H7Cl2NO.C7H6BF3O2.C2H3NO/c1-23-15-9-11-13(18)7-4-8-14(11)22-16(15)10-5-2-3-6-12(10)17(19,20)21;1-14-9-5-6-7(11)3-2-4-8(6)13-10(9)12;9-7(10,11)5-3-1-2-4-6(5)8(12)13;3-1-2-4/h2-9H,1H3;2-5H,1H3;1-4,12-13H;4H,2H2. The number of rotatable bonds is 4. The molecule has 0 aliphatic rings. The number of aromatic nitrogens is 2. The highest BCUT2D eigenvalue weighted by Crippen LogP contribution is 2.41. The summed E-state index contributed by atoms with van der Waals surface area (Å²) < 4.78 is 86.6. The van der Waals surface area contributed by atoms with Crippen molar-refractivity contribution in [3.05, 3.63) is 123 Å². The van der Waals surface area contributed by atoms with Gasteiger partial charge in [-0.05, 0) is 47.9 Å². The van der Waals surface area contributed by atoms with E-state index in [0.717, 1.165) is 29.1 Å². The van der Waals surface area contributed by atoms with E-state index in [9.17, 15) is 26.3 Å². The summed E-state index contributed by atoms with van der Waals surface area (Å²) in [6, 6.07) is 25.1. The van der Waals surface area contributed by atoms with E-state index in [1.165, 1.54) is 43.5 Å². The summed E-state index contributed by atoms with van der Waals surface area (Å²) in [6.45, 7) is -0.375. The van der Waals surface area contributed by atoms with E-state index >= 15 is 0 Å². The van der Waals surface area contributed by atoms with Gasteiger partial charge in [0.15, 0.2) is 10.9 Å². The third-order valence-electron chi connectivity index (χ3n) is 7.04. The number of fused-ring (bicyclic) bond motifs is 2. The molecular weight excluding hydrogens is 786 g/mol. The Hall–Kier alpha value is -4.82. The molecule has 0 bridgehead atoms. The number of ether oxygens (including phenoxy) is 2. The van der Waals surface area contributed by atoms with Gasteiger partial charge in [0, 0.05) is 16.3 Å². The van der Waals surface area contributed by atoms with Gasteiger partial charge in [-0.25, -0.2) is 9.97 Å². The molecule has 0 fully saturated rings. The summed E-state index contributed by atoms with van der Waals surface area (Å²) in [5.74, 6) is 0.773. The molecule has 0 aliphatic carbocycles. The minimum absolute atomic E-state index is 0.0290. The zero-order valence-electron chi connectivity index (χ0n) is 27.9. The zero-order chi connectivity index (χ0) is 40.2. The second kappa shape index (κ2) is 19.5. The normalized spacial score (nSPS) is 10.8. The lowest BCUT2D eigenvalue weighted by Crippen LogP contribution is -2.35. The van der Waals surface area contributed by atoms with Crippen molar-refractivity contribution in [2.45, 2.75) is 12.4 Å². The van der Waals surface area contributed by atoms with Gasteiger partial charge in [-0.1, -0.05) is 89.4 Å². The first-order valence-electron chi connectivity index (χ1n) is 15.1. The number of aliphatic hydroxyl groups excluding tert-OH is 1. The van der Waals surface area contributed by atoms with E-state index in [2.05, 4.69) is 9.97 Å². The van der Waals surface area contributed by atoms with Crippen LogP contribution < -0.4 is 14.9 Å². The molecule has 0 saturated heterocycles. The summed E-state index contributed by atoms with van der Waals surface area (Å²) in [4.78, 5) is 8.51. The maximum absolute atomic E-state index is 13.3. The number of pyridine rings is 2. The Bertz CT molecular complexity index is 2240. The molecule has 3 N–H and O–H groups in total. The molecule has 18 heteroatoms. The van der Waals surface area contributed by atoms with Crippen LogP contribution in [0.3, 0.4) is 0 Å². The first-order valence-corrected chi connectivity index (χ1v) is 16.2. The van der Waals surface area contributed by atoms with Crippen LogP contribution in [0.25, 0.3) is 33.1 Å². The van der Waals surface area contributed by atoms with E-state index in [4.69, 9.17) is 64.7 Å². The predicted molar refractivity (Wildman–Crippen MR) is 196 cm³/mol. The number of nitriles is 1. The first-order chi connectivity index (χ1) is 25.5. The number of hydrogen-bond donors (Lipinski definition) is 3. The van der Waals surface area contributed by atoms with E-state index in [0.29, 0.717) is 31.9 Å². The molecule has 2 aromatic heterocycles. The third-order valence-corrected chi connectivity index (χ3v) is 7.97. The molecule has 0 amide bonds. The Morgan fingerprint density at radius 2 is 1.15 bits per heavy atom. The molecule has 0 aliphatic heterocycles. The molecule has 6 rings (SSSR count). The van der Waals surface area contributed by atoms with E-state index < -0.39 is 36.1 Å². The van der Waals surface area contributed by atoms with Gasteiger partial charge in [-0.3, -0.25) is 0 Å². The monoisotopic (exact) mass is 811 g/mol. The molecule has 0 saturated carbocycles. The van der Waals surface area contributed by atoms with Crippen molar-refractivity contribution in [2.75, 3.05) is 20.8 Å². The van der Waals surface area contributed by atoms with Crippen molar-refractivity contribution in [3.8, 4) is 28.8 Å². The van der Waals surface area contributed by atoms with Gasteiger partial charge in [0.2, 0.25) is 0 Å². The number of benzene rings is 4. The molecule has 8 nitrogen and oxygen atoms in total. The molecule has 0 unspecified atom stereocenters. The lowest BCUT2D eigenvalue weighted by atomic mass is 9.77. The minimum atomic E-state index is -4.56. The number of hydrogen-bond acceptors (Lipinski definition) is 8. The average Bonchev–Trinajstić information content (AvgIpc) is 3.14. The average molecular weight is 813 g/mol. The van der Waals surface area contributed by atoms with Crippen molar-refractivity contribution in [1.82, 2.24) is 9.97 Å². The molecule has 0 spiro atoms. The Kier molecular flexibility index (Phi) is 15.7. The molecule has 0 radical (unpaired) electrons. The maximum atomic E-state index is 13.3. The molecule has 282 valence electrons. The lowest BCUT2D eigenvalue weighted by Gasteiger charge is -2.15. The number of halogens is 9. The van der Waals surface area contributed by atoms with Crippen LogP contribution in [0.1, 0.15) is 11.1 Å². The smallest absolute Gasteiger partial charge is 0.489 e. The topological polar surface area (TPSA) is 129 Å². The van der Waals surface area contributed by atoms with Crippen molar-refractivity contribution < 1.29 is 51.0 Å². The Morgan fingerprint density at radius 3 is 1.61 bits per heavy atom. The molecule has 4 aromatic carbocycles. The van der Waals surface area contributed by atoms with Crippen LogP contribution in [0.15, 0.2) is 97.1 Å². The quantitative estimate of drug-likeness (QED) is 0.0697. The second-order valence-electron chi connectivity index (χ2n) is 10.5.